The zero-order valence-electron chi connectivity index (χ0n) is 12.5. The Morgan fingerprint density at radius 1 is 0.875 bits per heavy atom. The van der Waals surface area contributed by atoms with Gasteiger partial charge < -0.3 is 13.8 Å². The van der Waals surface area contributed by atoms with Crippen LogP contribution >= 0.6 is 0 Å². The fourth-order valence-electron chi connectivity index (χ4n) is 3.69. The van der Waals surface area contributed by atoms with Crippen molar-refractivity contribution in [1.82, 2.24) is 4.98 Å². The summed E-state index contributed by atoms with van der Waals surface area (Å²) in [7, 11) is 0. The Kier molecular flexibility index (Phi) is 2.46. The van der Waals surface area contributed by atoms with Crippen molar-refractivity contribution in [2.24, 2.45) is 0 Å². The van der Waals surface area contributed by atoms with Crippen LogP contribution in [0.1, 0.15) is 17.5 Å². The van der Waals surface area contributed by atoms with Gasteiger partial charge in [0.2, 0.25) is 0 Å². The number of aromatic nitrogens is 1. The molecule has 6 heteroatoms. The van der Waals surface area contributed by atoms with Gasteiger partial charge in [0.25, 0.3) is 5.56 Å². The van der Waals surface area contributed by atoms with Gasteiger partial charge in [-0.25, -0.2) is 9.59 Å². The van der Waals surface area contributed by atoms with E-state index in [-0.39, 0.29) is 11.1 Å². The molecule has 24 heavy (non-hydrogen) atoms. The predicted molar refractivity (Wildman–Crippen MR) is 88.7 cm³/mol. The molecule has 1 aliphatic rings. The molecule has 0 unspecified atom stereocenters. The van der Waals surface area contributed by atoms with Crippen LogP contribution in [0, 0.1) is 0 Å². The van der Waals surface area contributed by atoms with Crippen LogP contribution in [0.4, 0.5) is 0 Å². The van der Waals surface area contributed by atoms with Crippen molar-refractivity contribution in [2.45, 2.75) is 19.3 Å². The Morgan fingerprint density at radius 2 is 1.71 bits per heavy atom. The number of nitrogens with one attached hydrogen (secondary N) is 1. The van der Waals surface area contributed by atoms with Crippen LogP contribution in [0.2, 0.25) is 0 Å². The molecule has 0 bridgehead atoms. The summed E-state index contributed by atoms with van der Waals surface area (Å²) >= 11 is 0. The van der Waals surface area contributed by atoms with Crippen LogP contribution in [0.3, 0.4) is 0 Å². The molecular weight excluding hydrogens is 310 g/mol. The maximum atomic E-state index is 12.6. The van der Waals surface area contributed by atoms with E-state index < -0.39 is 11.3 Å². The number of H-pyrrole nitrogens is 1. The van der Waals surface area contributed by atoms with Crippen molar-refractivity contribution < 1.29 is 8.83 Å². The molecule has 0 radical (unpaired) electrons. The van der Waals surface area contributed by atoms with E-state index in [2.05, 4.69) is 4.98 Å². The third kappa shape index (κ3) is 1.62. The fourth-order valence-corrected chi connectivity index (χ4v) is 3.69. The van der Waals surface area contributed by atoms with Gasteiger partial charge in [-0.1, -0.05) is 0 Å². The van der Waals surface area contributed by atoms with E-state index in [1.807, 2.05) is 0 Å². The molecule has 1 aromatic carbocycles. The molecule has 6 nitrogen and oxygen atoms in total. The number of hydrogen-bond donors (Lipinski definition) is 1. The van der Waals surface area contributed by atoms with Crippen molar-refractivity contribution in [2.75, 3.05) is 0 Å². The number of hydrogen-bond acceptors (Lipinski definition) is 5. The molecule has 0 spiro atoms. The summed E-state index contributed by atoms with van der Waals surface area (Å²) in [6.45, 7) is 0. The van der Waals surface area contributed by atoms with Gasteiger partial charge in [-0.3, -0.25) is 4.79 Å². The van der Waals surface area contributed by atoms with E-state index in [1.54, 1.807) is 18.2 Å². The molecule has 1 N–H and O–H groups in total. The van der Waals surface area contributed by atoms with Gasteiger partial charge in [0.15, 0.2) is 5.58 Å². The van der Waals surface area contributed by atoms with E-state index in [4.69, 9.17) is 8.83 Å². The highest BCUT2D eigenvalue weighted by atomic mass is 16.4. The van der Waals surface area contributed by atoms with E-state index >= 15 is 0 Å². The van der Waals surface area contributed by atoms with Crippen LogP contribution in [-0.2, 0) is 12.8 Å². The molecule has 3 aromatic heterocycles. The summed E-state index contributed by atoms with van der Waals surface area (Å²) in [4.78, 5) is 39.2. The lowest BCUT2D eigenvalue weighted by Gasteiger charge is -2.08. The first-order valence-electron chi connectivity index (χ1n) is 7.71. The highest BCUT2D eigenvalue weighted by Gasteiger charge is 2.23. The van der Waals surface area contributed by atoms with Gasteiger partial charge in [-0.2, -0.15) is 0 Å². The van der Waals surface area contributed by atoms with Crippen molar-refractivity contribution in [1.29, 1.82) is 0 Å². The van der Waals surface area contributed by atoms with Crippen LogP contribution in [-0.4, -0.2) is 4.98 Å². The second-order valence-electron chi connectivity index (χ2n) is 6.01. The third-order valence-corrected chi connectivity index (χ3v) is 4.69. The normalized spacial score (nSPS) is 13.8. The number of pyridine rings is 1. The minimum absolute atomic E-state index is 0.263. The molecule has 1 aliphatic carbocycles. The van der Waals surface area contributed by atoms with Crippen LogP contribution in [0.15, 0.2) is 47.5 Å². The fraction of sp³-hybridized carbons (Fsp3) is 0.167. The Morgan fingerprint density at radius 3 is 2.58 bits per heavy atom. The molecule has 0 aliphatic heterocycles. The van der Waals surface area contributed by atoms with Gasteiger partial charge in [-0.05, 0) is 43.0 Å². The van der Waals surface area contributed by atoms with Gasteiger partial charge in [-0.15, -0.1) is 0 Å². The second kappa shape index (κ2) is 4.44. The Bertz CT molecular complexity index is 1340. The van der Waals surface area contributed by atoms with E-state index in [1.165, 1.54) is 6.07 Å². The molecular formula is C18H11NO5. The van der Waals surface area contributed by atoms with E-state index in [0.717, 1.165) is 12.0 Å². The zero-order chi connectivity index (χ0) is 16.4. The smallest absolute Gasteiger partial charge is 0.339 e. The average Bonchev–Trinajstić information content (AvgIpc) is 3.04. The number of fused-ring (bicyclic) bond motifs is 7. The lowest BCUT2D eigenvalue weighted by atomic mass is 10.0. The van der Waals surface area contributed by atoms with Gasteiger partial charge >= 0.3 is 11.3 Å². The summed E-state index contributed by atoms with van der Waals surface area (Å²) in [5, 5.41) is 1.63. The molecule has 0 saturated heterocycles. The maximum Gasteiger partial charge on any atom is 0.339 e. The highest BCUT2D eigenvalue weighted by molar-refractivity contribution is 6.16. The summed E-state index contributed by atoms with van der Waals surface area (Å²) in [5.41, 5.74) is 1.43. The van der Waals surface area contributed by atoms with Crippen molar-refractivity contribution in [3.05, 3.63) is 66.6 Å². The van der Waals surface area contributed by atoms with Crippen LogP contribution < -0.4 is 16.8 Å². The number of rotatable bonds is 0. The summed E-state index contributed by atoms with van der Waals surface area (Å²) < 4.78 is 10.7. The quantitative estimate of drug-likeness (QED) is 0.396. The van der Waals surface area contributed by atoms with Crippen molar-refractivity contribution in [3.63, 3.8) is 0 Å². The molecule has 4 aromatic rings. The summed E-state index contributed by atoms with van der Waals surface area (Å²) in [6, 6.07) is 6.19. The van der Waals surface area contributed by atoms with Crippen LogP contribution in [0.5, 0.6) is 0 Å². The van der Waals surface area contributed by atoms with E-state index in [9.17, 15) is 14.4 Å². The predicted octanol–water partition coefficient (Wildman–Crippen LogP) is 2.23. The first-order chi connectivity index (χ1) is 11.6. The summed E-state index contributed by atoms with van der Waals surface area (Å²) in [6.07, 6.45) is 2.16. The van der Waals surface area contributed by atoms with Gasteiger partial charge in [0.05, 0.1) is 16.3 Å². The highest BCUT2D eigenvalue weighted by Crippen LogP contribution is 2.32. The monoisotopic (exact) mass is 321 g/mol. The van der Waals surface area contributed by atoms with Crippen molar-refractivity contribution in [3.8, 4) is 0 Å². The number of aryl methyl sites for hydroxylation is 1. The molecule has 118 valence electrons. The number of benzene rings is 1. The van der Waals surface area contributed by atoms with E-state index in [0.29, 0.717) is 45.7 Å². The third-order valence-electron chi connectivity index (χ3n) is 4.69. The lowest BCUT2D eigenvalue weighted by molar-refractivity contribution is 0.553. The second-order valence-corrected chi connectivity index (χ2v) is 6.01. The maximum absolute atomic E-state index is 12.6. The summed E-state index contributed by atoms with van der Waals surface area (Å²) in [5.74, 6) is 0. The van der Waals surface area contributed by atoms with Crippen molar-refractivity contribution >= 4 is 32.8 Å². The molecule has 0 saturated carbocycles. The molecule has 3 heterocycles. The van der Waals surface area contributed by atoms with Gasteiger partial charge in [0, 0.05) is 17.0 Å². The largest absolute Gasteiger partial charge is 0.423 e. The average molecular weight is 321 g/mol. The first kappa shape index (κ1) is 13.3. The Balaban J connectivity index is 2.14. The topological polar surface area (TPSA) is 93.3 Å². The lowest BCUT2D eigenvalue weighted by Crippen LogP contribution is -2.14. The SMILES string of the molecule is O=c1ccc2c(ccc3[nH]c(=O)c4c5c(c(=O)oc4c32)CCC5)o1. The Hall–Kier alpha value is -3.15. The first-order valence-corrected chi connectivity index (χ1v) is 7.71. The van der Waals surface area contributed by atoms with Gasteiger partial charge in [0.1, 0.15) is 5.58 Å². The van der Waals surface area contributed by atoms with Crippen LogP contribution in [0.25, 0.3) is 32.8 Å². The zero-order valence-corrected chi connectivity index (χ0v) is 12.5. The standard InChI is InChI=1S/C18H11NO5/c20-13-7-4-10-12(23-13)6-5-11-14(10)16-15(17(21)19-11)8-2-1-3-9(8)18(22)24-16/h4-7H,1-3H2,(H,19,21). The minimum atomic E-state index is -0.460. The molecule has 0 atom stereocenters. The molecule has 0 amide bonds. The molecule has 5 rings (SSSR count). The Labute approximate surface area is 133 Å². The minimum Gasteiger partial charge on any atom is -0.423 e. The number of aromatic amines is 1. The molecule has 0 fully saturated rings.